The van der Waals surface area contributed by atoms with Crippen LogP contribution in [-0.4, -0.2) is 42.8 Å². The summed E-state index contributed by atoms with van der Waals surface area (Å²) in [7, 11) is 0. The zero-order chi connectivity index (χ0) is 22.1. The fourth-order valence-electron chi connectivity index (χ4n) is 4.31. The molecule has 0 saturated carbocycles. The van der Waals surface area contributed by atoms with Crippen LogP contribution in [0.5, 0.6) is 0 Å². The number of aromatic nitrogens is 6. The maximum absolute atomic E-state index is 9.48. The second-order valence-electron chi connectivity index (χ2n) is 7.72. The van der Waals surface area contributed by atoms with Crippen molar-refractivity contribution in [3.8, 4) is 23.4 Å². The SMILES string of the molecule is N#CC[C@@H](C1CCN(c2ccc(C#N)c(Cl)n2)C1)n1cc(-c2ncnc3[nH]ccc23)cn1. The van der Waals surface area contributed by atoms with Crippen molar-refractivity contribution in [2.75, 3.05) is 18.0 Å². The highest BCUT2D eigenvalue weighted by molar-refractivity contribution is 6.30. The van der Waals surface area contributed by atoms with Crippen LogP contribution in [0.15, 0.2) is 43.1 Å². The minimum atomic E-state index is -0.0730. The van der Waals surface area contributed by atoms with Gasteiger partial charge in [-0.2, -0.15) is 15.6 Å². The van der Waals surface area contributed by atoms with Crippen LogP contribution < -0.4 is 4.90 Å². The third-order valence-corrected chi connectivity index (χ3v) is 6.20. The zero-order valence-corrected chi connectivity index (χ0v) is 17.7. The number of hydrogen-bond donors (Lipinski definition) is 1. The first-order chi connectivity index (χ1) is 15.7. The summed E-state index contributed by atoms with van der Waals surface area (Å²) < 4.78 is 1.88. The van der Waals surface area contributed by atoms with Crippen LogP contribution in [0.4, 0.5) is 5.82 Å². The van der Waals surface area contributed by atoms with Gasteiger partial charge in [-0.3, -0.25) is 4.68 Å². The Kier molecular flexibility index (Phi) is 5.18. The van der Waals surface area contributed by atoms with Gasteiger partial charge in [0.2, 0.25) is 0 Å². The summed E-state index contributed by atoms with van der Waals surface area (Å²) in [6.45, 7) is 1.53. The van der Waals surface area contributed by atoms with Crippen LogP contribution >= 0.6 is 11.6 Å². The van der Waals surface area contributed by atoms with Crippen molar-refractivity contribution in [3.63, 3.8) is 0 Å². The normalized spacial score (nSPS) is 16.7. The lowest BCUT2D eigenvalue weighted by Crippen LogP contribution is -2.25. The number of halogens is 1. The molecule has 0 amide bonds. The van der Waals surface area contributed by atoms with E-state index in [2.05, 4.69) is 36.0 Å². The van der Waals surface area contributed by atoms with E-state index >= 15 is 0 Å². The lowest BCUT2D eigenvalue weighted by atomic mass is 9.96. The molecule has 2 atom stereocenters. The molecule has 1 fully saturated rings. The molecule has 0 bridgehead atoms. The molecule has 10 heteroatoms. The van der Waals surface area contributed by atoms with Gasteiger partial charge >= 0.3 is 0 Å². The van der Waals surface area contributed by atoms with Crippen molar-refractivity contribution < 1.29 is 0 Å². The molecule has 9 nitrogen and oxygen atoms in total. The molecule has 32 heavy (non-hydrogen) atoms. The fourth-order valence-corrected chi connectivity index (χ4v) is 4.50. The van der Waals surface area contributed by atoms with Crippen LogP contribution in [-0.2, 0) is 0 Å². The monoisotopic (exact) mass is 443 g/mol. The number of pyridine rings is 1. The molecular weight excluding hydrogens is 426 g/mol. The molecule has 4 aromatic rings. The van der Waals surface area contributed by atoms with Crippen molar-refractivity contribution >= 4 is 28.5 Å². The van der Waals surface area contributed by atoms with Gasteiger partial charge in [-0.05, 0) is 24.6 Å². The molecule has 5 heterocycles. The average molecular weight is 444 g/mol. The zero-order valence-electron chi connectivity index (χ0n) is 17.0. The van der Waals surface area contributed by atoms with Gasteiger partial charge in [0.25, 0.3) is 0 Å². The van der Waals surface area contributed by atoms with E-state index < -0.39 is 0 Å². The van der Waals surface area contributed by atoms with Gasteiger partial charge < -0.3 is 9.88 Å². The van der Waals surface area contributed by atoms with Crippen molar-refractivity contribution in [2.45, 2.75) is 18.9 Å². The minimum absolute atomic E-state index is 0.0730. The van der Waals surface area contributed by atoms with E-state index in [1.807, 2.05) is 35.3 Å². The first-order valence-electron chi connectivity index (χ1n) is 10.2. The number of nitriles is 2. The third kappa shape index (κ3) is 3.53. The second-order valence-corrected chi connectivity index (χ2v) is 8.07. The van der Waals surface area contributed by atoms with E-state index in [0.717, 1.165) is 47.6 Å². The Morgan fingerprint density at radius 2 is 2.16 bits per heavy atom. The number of fused-ring (bicyclic) bond motifs is 1. The first-order valence-corrected chi connectivity index (χ1v) is 10.6. The number of anilines is 1. The van der Waals surface area contributed by atoms with Crippen LogP contribution in [0.3, 0.4) is 0 Å². The molecule has 0 aromatic carbocycles. The van der Waals surface area contributed by atoms with Crippen LogP contribution in [0.25, 0.3) is 22.3 Å². The van der Waals surface area contributed by atoms with E-state index in [0.29, 0.717) is 12.0 Å². The third-order valence-electron chi connectivity index (χ3n) is 5.92. The van der Waals surface area contributed by atoms with E-state index in [9.17, 15) is 5.26 Å². The molecule has 1 unspecified atom stereocenters. The Morgan fingerprint density at radius 1 is 1.25 bits per heavy atom. The second kappa shape index (κ2) is 8.29. The summed E-state index contributed by atoms with van der Waals surface area (Å²) in [5, 5.41) is 24.3. The summed E-state index contributed by atoms with van der Waals surface area (Å²) in [6.07, 6.45) is 8.36. The number of nitrogens with zero attached hydrogens (tertiary/aromatic N) is 8. The average Bonchev–Trinajstić information content (AvgIpc) is 3.58. The molecule has 158 valence electrons. The van der Waals surface area contributed by atoms with E-state index in [1.54, 1.807) is 12.3 Å². The van der Waals surface area contributed by atoms with Crippen LogP contribution in [0.2, 0.25) is 5.15 Å². The molecule has 1 N–H and O–H groups in total. The smallest absolute Gasteiger partial charge is 0.149 e. The summed E-state index contributed by atoms with van der Waals surface area (Å²) in [5.74, 6) is 0.959. The summed E-state index contributed by atoms with van der Waals surface area (Å²) in [5.41, 5.74) is 2.83. The molecule has 1 aliphatic heterocycles. The number of H-pyrrole nitrogens is 1. The quantitative estimate of drug-likeness (QED) is 0.466. The Hall–Kier alpha value is -3.95. The van der Waals surface area contributed by atoms with Gasteiger partial charge in [-0.15, -0.1) is 0 Å². The summed E-state index contributed by atoms with van der Waals surface area (Å²) in [4.78, 5) is 18.3. The minimum Gasteiger partial charge on any atom is -0.356 e. The van der Waals surface area contributed by atoms with E-state index in [1.165, 1.54) is 6.33 Å². The Bertz CT molecular complexity index is 1360. The lowest BCUT2D eigenvalue weighted by molar-refractivity contribution is 0.332. The fraction of sp³-hybridized carbons (Fsp3) is 0.273. The highest BCUT2D eigenvalue weighted by Gasteiger charge is 2.32. The first kappa shape index (κ1) is 20.0. The van der Waals surface area contributed by atoms with E-state index in [4.69, 9.17) is 16.9 Å². The van der Waals surface area contributed by atoms with Crippen LogP contribution in [0, 0.1) is 28.6 Å². The number of nitrogens with one attached hydrogen (secondary N) is 1. The van der Waals surface area contributed by atoms with E-state index in [-0.39, 0.29) is 17.1 Å². The Balaban J connectivity index is 1.39. The lowest BCUT2D eigenvalue weighted by Gasteiger charge is -2.23. The molecule has 0 radical (unpaired) electrons. The van der Waals surface area contributed by atoms with Crippen molar-refractivity contribution in [1.82, 2.24) is 29.7 Å². The molecule has 5 rings (SSSR count). The summed E-state index contributed by atoms with van der Waals surface area (Å²) >= 11 is 6.12. The number of rotatable bonds is 5. The Labute approximate surface area is 188 Å². The van der Waals surface area contributed by atoms with Gasteiger partial charge in [0, 0.05) is 42.4 Å². The molecule has 1 aliphatic rings. The maximum atomic E-state index is 9.48. The topological polar surface area (TPSA) is 123 Å². The molecule has 0 aliphatic carbocycles. The predicted octanol–water partition coefficient (Wildman–Crippen LogP) is 3.72. The summed E-state index contributed by atoms with van der Waals surface area (Å²) in [6, 6.07) is 9.72. The van der Waals surface area contributed by atoms with Gasteiger partial charge in [-0.1, -0.05) is 11.6 Å². The van der Waals surface area contributed by atoms with Gasteiger partial charge in [-0.25, -0.2) is 15.0 Å². The number of aromatic amines is 1. The van der Waals surface area contributed by atoms with Crippen molar-refractivity contribution in [1.29, 1.82) is 10.5 Å². The van der Waals surface area contributed by atoms with Gasteiger partial charge in [0.05, 0.1) is 36.0 Å². The highest BCUT2D eigenvalue weighted by Crippen LogP contribution is 2.34. The van der Waals surface area contributed by atoms with Crippen molar-refractivity contribution in [3.05, 3.63) is 53.8 Å². The van der Waals surface area contributed by atoms with Gasteiger partial charge in [0.1, 0.15) is 29.0 Å². The van der Waals surface area contributed by atoms with Gasteiger partial charge in [0.15, 0.2) is 0 Å². The van der Waals surface area contributed by atoms with Crippen molar-refractivity contribution in [2.24, 2.45) is 5.92 Å². The number of hydrogen-bond acceptors (Lipinski definition) is 7. The largest absolute Gasteiger partial charge is 0.356 e. The molecular formula is C22H18ClN9. The van der Waals surface area contributed by atoms with Crippen LogP contribution in [0.1, 0.15) is 24.4 Å². The maximum Gasteiger partial charge on any atom is 0.149 e. The molecule has 0 spiro atoms. The molecule has 4 aromatic heterocycles. The highest BCUT2D eigenvalue weighted by atomic mass is 35.5. The standard InChI is InChI=1S/C22H18ClN9/c23-21-14(9-25)1-2-19(30-21)31-8-5-15(11-31)18(3-6-24)32-12-16(10-29-32)20-17-4-7-26-22(17)28-13-27-20/h1-2,4,7,10,12-13,15,18H,3,5,8,11H2,(H,26,27,28)/t15?,18-/m0/s1. The molecule has 1 saturated heterocycles. The predicted molar refractivity (Wildman–Crippen MR) is 119 cm³/mol. The Morgan fingerprint density at radius 3 is 2.97 bits per heavy atom.